The molecule has 0 aromatic heterocycles. The molecule has 0 heterocycles. The zero-order valence-electron chi connectivity index (χ0n) is 10.5. The lowest BCUT2D eigenvalue weighted by Gasteiger charge is -2.37. The smallest absolute Gasteiger partial charge is 0.159 e. The van der Waals surface area contributed by atoms with Gasteiger partial charge >= 0.3 is 0 Å². The molecule has 0 aliphatic heterocycles. The molecule has 2 atom stereocenters. The van der Waals surface area contributed by atoms with Gasteiger partial charge in [0.1, 0.15) is 0 Å². The second kappa shape index (κ2) is 4.96. The van der Waals surface area contributed by atoms with Crippen LogP contribution in [0.4, 0.5) is 8.78 Å². The van der Waals surface area contributed by atoms with Gasteiger partial charge in [-0.3, -0.25) is 0 Å². The quantitative estimate of drug-likeness (QED) is 0.846. The highest BCUT2D eigenvalue weighted by molar-refractivity contribution is 5.19. The lowest BCUT2D eigenvalue weighted by Crippen LogP contribution is -2.37. The fourth-order valence-corrected chi connectivity index (χ4v) is 2.75. The molecule has 2 fully saturated rings. The molecule has 1 nitrogen and oxygen atoms in total. The lowest BCUT2D eigenvalue weighted by atomic mass is 9.70. The van der Waals surface area contributed by atoms with Gasteiger partial charge in [-0.1, -0.05) is 6.07 Å². The summed E-state index contributed by atoms with van der Waals surface area (Å²) in [4.78, 5) is 0. The zero-order valence-corrected chi connectivity index (χ0v) is 10.5. The molecule has 0 saturated heterocycles. The Hall–Kier alpha value is -0.960. The molecule has 3 rings (SSSR count). The number of hydrogen-bond donors (Lipinski definition) is 1. The van der Waals surface area contributed by atoms with Crippen LogP contribution in [0.3, 0.4) is 0 Å². The average molecular weight is 251 g/mol. The van der Waals surface area contributed by atoms with E-state index in [1.165, 1.54) is 37.8 Å². The Kier molecular flexibility index (Phi) is 3.33. The van der Waals surface area contributed by atoms with E-state index in [9.17, 15) is 8.78 Å². The van der Waals surface area contributed by atoms with Crippen LogP contribution in [0, 0.1) is 23.5 Å². The van der Waals surface area contributed by atoms with E-state index in [-0.39, 0.29) is 0 Å². The Bertz CT molecular complexity index is 429. The van der Waals surface area contributed by atoms with E-state index in [4.69, 9.17) is 0 Å². The Labute approximate surface area is 107 Å². The summed E-state index contributed by atoms with van der Waals surface area (Å²) in [6.45, 7) is 1.10. The molecule has 2 aliphatic carbocycles. The third kappa shape index (κ3) is 2.72. The van der Waals surface area contributed by atoms with E-state index < -0.39 is 11.6 Å². The molecular formula is C15H19F2N. The van der Waals surface area contributed by atoms with Gasteiger partial charge in [0.05, 0.1) is 0 Å². The lowest BCUT2D eigenvalue weighted by molar-refractivity contribution is 0.170. The van der Waals surface area contributed by atoms with E-state index in [1.807, 2.05) is 0 Å². The van der Waals surface area contributed by atoms with Crippen LogP contribution in [-0.2, 0) is 6.42 Å². The van der Waals surface area contributed by atoms with Crippen LogP contribution in [0.1, 0.15) is 31.2 Å². The van der Waals surface area contributed by atoms with Crippen molar-refractivity contribution in [1.29, 1.82) is 0 Å². The minimum Gasteiger partial charge on any atom is -0.314 e. The maximum atomic E-state index is 13.1. The Balaban J connectivity index is 1.53. The molecule has 98 valence electrons. The maximum absolute atomic E-state index is 13.1. The fraction of sp³-hybridized carbons (Fsp3) is 0.600. The minimum absolute atomic E-state index is 0.640. The molecule has 1 N–H and O–H groups in total. The van der Waals surface area contributed by atoms with Crippen LogP contribution in [0.15, 0.2) is 18.2 Å². The summed E-state index contributed by atoms with van der Waals surface area (Å²) < 4.78 is 26.0. The van der Waals surface area contributed by atoms with Crippen molar-refractivity contribution >= 4 is 0 Å². The number of halogens is 2. The third-order valence-corrected chi connectivity index (χ3v) is 4.30. The average Bonchev–Trinajstić information content (AvgIpc) is 3.13. The summed E-state index contributed by atoms with van der Waals surface area (Å²) in [6.07, 6.45) is 6.01. The third-order valence-electron chi connectivity index (χ3n) is 4.30. The summed E-state index contributed by atoms with van der Waals surface area (Å²) in [5.41, 5.74) is 0.926. The maximum Gasteiger partial charge on any atom is 0.159 e. The van der Waals surface area contributed by atoms with Crippen LogP contribution in [-0.4, -0.2) is 12.6 Å². The van der Waals surface area contributed by atoms with Gasteiger partial charge in [0.15, 0.2) is 11.6 Å². The van der Waals surface area contributed by atoms with Crippen LogP contribution in [0.5, 0.6) is 0 Å². The van der Waals surface area contributed by atoms with E-state index in [0.717, 1.165) is 30.5 Å². The summed E-state index contributed by atoms with van der Waals surface area (Å²) in [7, 11) is 0. The number of nitrogens with one attached hydrogen (secondary N) is 1. The highest BCUT2D eigenvalue weighted by Crippen LogP contribution is 2.37. The molecule has 0 bridgehead atoms. The Morgan fingerprint density at radius 1 is 1.00 bits per heavy atom. The predicted molar refractivity (Wildman–Crippen MR) is 67.3 cm³/mol. The molecule has 18 heavy (non-hydrogen) atoms. The van der Waals surface area contributed by atoms with Gasteiger partial charge in [-0.2, -0.15) is 0 Å². The molecule has 0 radical (unpaired) electrons. The summed E-state index contributed by atoms with van der Waals surface area (Å²) in [6, 6.07) is 5.05. The first-order valence-corrected chi connectivity index (χ1v) is 6.89. The van der Waals surface area contributed by atoms with Crippen molar-refractivity contribution < 1.29 is 8.78 Å². The number of benzene rings is 1. The van der Waals surface area contributed by atoms with Gasteiger partial charge in [0.25, 0.3) is 0 Å². The monoisotopic (exact) mass is 251 g/mol. The molecular weight excluding hydrogens is 232 g/mol. The van der Waals surface area contributed by atoms with Crippen molar-refractivity contribution in [3.8, 4) is 0 Å². The van der Waals surface area contributed by atoms with Crippen LogP contribution in [0.25, 0.3) is 0 Å². The Morgan fingerprint density at radius 3 is 2.39 bits per heavy atom. The van der Waals surface area contributed by atoms with Gasteiger partial charge < -0.3 is 5.32 Å². The topological polar surface area (TPSA) is 12.0 Å². The van der Waals surface area contributed by atoms with E-state index in [1.54, 1.807) is 6.07 Å². The zero-order chi connectivity index (χ0) is 12.5. The first kappa shape index (κ1) is 12.1. The molecule has 2 saturated carbocycles. The molecule has 1 aromatic rings. The second-order valence-electron chi connectivity index (χ2n) is 5.73. The molecule has 2 unspecified atom stereocenters. The van der Waals surface area contributed by atoms with Crippen molar-refractivity contribution in [2.75, 3.05) is 6.54 Å². The van der Waals surface area contributed by atoms with Crippen LogP contribution >= 0.6 is 0 Å². The second-order valence-corrected chi connectivity index (χ2v) is 5.73. The highest BCUT2D eigenvalue weighted by Gasteiger charge is 2.32. The highest BCUT2D eigenvalue weighted by atomic mass is 19.2. The fourth-order valence-electron chi connectivity index (χ4n) is 2.75. The van der Waals surface area contributed by atoms with Gasteiger partial charge in [-0.15, -0.1) is 0 Å². The van der Waals surface area contributed by atoms with Crippen molar-refractivity contribution in [1.82, 2.24) is 5.32 Å². The van der Waals surface area contributed by atoms with Crippen molar-refractivity contribution in [3.05, 3.63) is 35.4 Å². The van der Waals surface area contributed by atoms with Gasteiger partial charge in [-0.25, -0.2) is 8.78 Å². The van der Waals surface area contributed by atoms with Crippen molar-refractivity contribution in [2.24, 2.45) is 11.8 Å². The molecule has 3 heteroatoms. The van der Waals surface area contributed by atoms with Gasteiger partial charge in [-0.05, 0) is 68.2 Å². The molecule has 2 aliphatic rings. The van der Waals surface area contributed by atoms with Crippen molar-refractivity contribution in [3.63, 3.8) is 0 Å². The standard InChI is InChI=1S/C15H19F2N/c16-14-6-1-10(8-15(14)17)7-11-2-3-12(11)9-18-13-4-5-13/h1,6,8,11-13,18H,2-5,7,9H2. The van der Waals surface area contributed by atoms with E-state index >= 15 is 0 Å². The number of hydrogen-bond acceptors (Lipinski definition) is 1. The minimum atomic E-state index is -0.751. The molecule has 1 aromatic carbocycles. The van der Waals surface area contributed by atoms with Crippen LogP contribution in [0.2, 0.25) is 0 Å². The SMILES string of the molecule is Fc1ccc(CC2CCC2CNC2CC2)cc1F. The van der Waals surface area contributed by atoms with Crippen molar-refractivity contribution in [2.45, 2.75) is 38.1 Å². The summed E-state index contributed by atoms with van der Waals surface area (Å²) in [5.74, 6) is -0.112. The van der Waals surface area contributed by atoms with Gasteiger partial charge in [0.2, 0.25) is 0 Å². The molecule has 0 spiro atoms. The Morgan fingerprint density at radius 2 is 1.78 bits per heavy atom. The first-order valence-electron chi connectivity index (χ1n) is 6.89. The van der Waals surface area contributed by atoms with E-state index in [0.29, 0.717) is 5.92 Å². The predicted octanol–water partition coefficient (Wildman–Crippen LogP) is 3.29. The summed E-state index contributed by atoms with van der Waals surface area (Å²) >= 11 is 0. The first-order chi connectivity index (χ1) is 8.72. The molecule has 0 amide bonds. The van der Waals surface area contributed by atoms with Crippen LogP contribution < -0.4 is 5.32 Å². The number of rotatable bonds is 5. The van der Waals surface area contributed by atoms with E-state index in [2.05, 4.69) is 5.32 Å². The normalized spacial score (nSPS) is 27.0. The van der Waals surface area contributed by atoms with Gasteiger partial charge in [0, 0.05) is 6.04 Å². The largest absolute Gasteiger partial charge is 0.314 e. The summed E-state index contributed by atoms with van der Waals surface area (Å²) in [5, 5.41) is 3.56.